The number of amides is 2. The fraction of sp³-hybridized carbons (Fsp3) is 0.556. The van der Waals surface area contributed by atoms with E-state index in [1.807, 2.05) is 24.3 Å². The van der Waals surface area contributed by atoms with Crippen LogP contribution < -0.4 is 5.32 Å². The van der Waals surface area contributed by atoms with Crippen molar-refractivity contribution in [3.8, 4) is 0 Å². The van der Waals surface area contributed by atoms with Crippen LogP contribution in [-0.2, 0) is 14.3 Å². The lowest BCUT2D eigenvalue weighted by Gasteiger charge is -2.34. The van der Waals surface area contributed by atoms with Crippen LogP contribution >= 0.6 is 0 Å². The zero-order chi connectivity index (χ0) is 17.5. The van der Waals surface area contributed by atoms with Gasteiger partial charge in [-0.3, -0.25) is 14.5 Å². The number of methoxy groups -OCH3 is 1. The molecule has 1 N–H and O–H groups in total. The number of ether oxygens (including phenoxy) is 1. The first-order chi connectivity index (χ1) is 11.5. The summed E-state index contributed by atoms with van der Waals surface area (Å²) in [7, 11) is 1.52. The van der Waals surface area contributed by atoms with E-state index in [1.165, 1.54) is 7.11 Å². The second-order valence-electron chi connectivity index (χ2n) is 6.38. The summed E-state index contributed by atoms with van der Waals surface area (Å²) in [6.45, 7) is 7.37. The molecular weight excluding hydrogens is 306 g/mol. The number of hydrogen-bond donors (Lipinski definition) is 1. The predicted molar refractivity (Wildman–Crippen MR) is 94.1 cm³/mol. The predicted octanol–water partition coefficient (Wildman–Crippen LogP) is 1.54. The van der Waals surface area contributed by atoms with Crippen LogP contribution in [0.4, 0.5) is 5.69 Å². The van der Waals surface area contributed by atoms with Crippen LogP contribution in [0.2, 0.25) is 0 Å². The maximum absolute atomic E-state index is 12.3. The molecule has 24 heavy (non-hydrogen) atoms. The SMILES string of the molecule is COCC(=O)N1CCN(CC(=O)Nc2ccccc2C(C)C)CC1. The van der Waals surface area contributed by atoms with Gasteiger partial charge in [-0.1, -0.05) is 32.0 Å². The zero-order valence-corrected chi connectivity index (χ0v) is 14.7. The van der Waals surface area contributed by atoms with E-state index in [4.69, 9.17) is 4.74 Å². The van der Waals surface area contributed by atoms with Gasteiger partial charge in [0, 0.05) is 39.0 Å². The minimum absolute atomic E-state index is 0.00691. The van der Waals surface area contributed by atoms with E-state index in [1.54, 1.807) is 4.90 Å². The molecule has 0 aliphatic carbocycles. The Kier molecular flexibility index (Phi) is 6.75. The first kappa shape index (κ1) is 18.4. The molecule has 2 rings (SSSR count). The maximum atomic E-state index is 12.3. The van der Waals surface area contributed by atoms with Gasteiger partial charge in [-0.15, -0.1) is 0 Å². The lowest BCUT2D eigenvalue weighted by atomic mass is 10.0. The first-order valence-electron chi connectivity index (χ1n) is 8.39. The van der Waals surface area contributed by atoms with Gasteiger partial charge >= 0.3 is 0 Å². The highest BCUT2D eigenvalue weighted by Crippen LogP contribution is 2.23. The second-order valence-corrected chi connectivity index (χ2v) is 6.38. The van der Waals surface area contributed by atoms with Gasteiger partial charge in [0.2, 0.25) is 11.8 Å². The highest BCUT2D eigenvalue weighted by molar-refractivity contribution is 5.93. The lowest BCUT2D eigenvalue weighted by molar-refractivity contribution is -0.137. The van der Waals surface area contributed by atoms with Gasteiger partial charge in [0.15, 0.2) is 0 Å². The van der Waals surface area contributed by atoms with E-state index in [0.29, 0.717) is 38.6 Å². The topological polar surface area (TPSA) is 61.9 Å². The molecule has 1 aromatic carbocycles. The van der Waals surface area contributed by atoms with E-state index in [2.05, 4.69) is 24.1 Å². The number of benzene rings is 1. The van der Waals surface area contributed by atoms with Gasteiger partial charge in [-0.2, -0.15) is 0 Å². The molecule has 2 amide bonds. The molecule has 0 aromatic heterocycles. The molecule has 0 spiro atoms. The largest absolute Gasteiger partial charge is 0.375 e. The number of anilines is 1. The molecule has 0 saturated carbocycles. The first-order valence-corrected chi connectivity index (χ1v) is 8.39. The fourth-order valence-electron chi connectivity index (χ4n) is 2.88. The number of nitrogens with one attached hydrogen (secondary N) is 1. The molecule has 1 heterocycles. The third-order valence-corrected chi connectivity index (χ3v) is 4.22. The number of hydrogen-bond acceptors (Lipinski definition) is 4. The summed E-state index contributed by atoms with van der Waals surface area (Å²) >= 11 is 0. The Labute approximate surface area is 143 Å². The molecule has 132 valence electrons. The summed E-state index contributed by atoms with van der Waals surface area (Å²) in [5.41, 5.74) is 2.02. The van der Waals surface area contributed by atoms with E-state index < -0.39 is 0 Å². The van der Waals surface area contributed by atoms with Crippen molar-refractivity contribution in [3.63, 3.8) is 0 Å². The average molecular weight is 333 g/mol. The molecule has 0 unspecified atom stereocenters. The van der Waals surface area contributed by atoms with Crippen molar-refractivity contribution in [2.45, 2.75) is 19.8 Å². The Morgan fingerprint density at radius 1 is 1.17 bits per heavy atom. The summed E-state index contributed by atoms with van der Waals surface area (Å²) < 4.78 is 4.88. The molecule has 0 radical (unpaired) electrons. The molecule has 1 saturated heterocycles. The highest BCUT2D eigenvalue weighted by Gasteiger charge is 2.22. The van der Waals surface area contributed by atoms with Crippen LogP contribution in [0.15, 0.2) is 24.3 Å². The number of nitrogens with zero attached hydrogens (tertiary/aromatic N) is 2. The van der Waals surface area contributed by atoms with Gasteiger partial charge in [-0.05, 0) is 17.5 Å². The third kappa shape index (κ3) is 5.04. The molecule has 1 fully saturated rings. The van der Waals surface area contributed by atoms with Crippen LogP contribution in [0.3, 0.4) is 0 Å². The molecule has 1 aromatic rings. The molecule has 0 atom stereocenters. The number of piperazine rings is 1. The second kappa shape index (κ2) is 8.80. The molecule has 1 aliphatic heterocycles. The summed E-state index contributed by atoms with van der Waals surface area (Å²) in [5, 5.41) is 3.01. The number of para-hydroxylation sites is 1. The number of carbonyl (C=O) groups excluding carboxylic acids is 2. The standard InChI is InChI=1S/C18H27N3O3/c1-14(2)15-6-4-5-7-16(15)19-17(22)12-20-8-10-21(11-9-20)18(23)13-24-3/h4-7,14H,8-13H2,1-3H3,(H,19,22). The summed E-state index contributed by atoms with van der Waals surface area (Å²) in [4.78, 5) is 27.9. The number of carbonyl (C=O) groups is 2. The Morgan fingerprint density at radius 3 is 2.46 bits per heavy atom. The monoisotopic (exact) mass is 333 g/mol. The van der Waals surface area contributed by atoms with Crippen molar-refractivity contribution >= 4 is 17.5 Å². The van der Waals surface area contributed by atoms with E-state index in [9.17, 15) is 9.59 Å². The quantitative estimate of drug-likeness (QED) is 0.858. The fourth-order valence-corrected chi connectivity index (χ4v) is 2.88. The van der Waals surface area contributed by atoms with Gasteiger partial charge in [0.1, 0.15) is 6.61 Å². The molecule has 1 aliphatic rings. The molecular formula is C18H27N3O3. The van der Waals surface area contributed by atoms with Crippen molar-refractivity contribution in [2.24, 2.45) is 0 Å². The van der Waals surface area contributed by atoms with Crippen LogP contribution in [0, 0.1) is 0 Å². The Morgan fingerprint density at radius 2 is 1.83 bits per heavy atom. The zero-order valence-electron chi connectivity index (χ0n) is 14.7. The van der Waals surface area contributed by atoms with Gasteiger partial charge in [0.05, 0.1) is 6.54 Å². The average Bonchev–Trinajstić information content (AvgIpc) is 2.56. The molecule has 6 nitrogen and oxygen atoms in total. The van der Waals surface area contributed by atoms with Gasteiger partial charge in [-0.25, -0.2) is 0 Å². The molecule has 6 heteroatoms. The third-order valence-electron chi connectivity index (χ3n) is 4.22. The van der Waals surface area contributed by atoms with Crippen LogP contribution in [0.1, 0.15) is 25.3 Å². The van der Waals surface area contributed by atoms with Crippen molar-refractivity contribution in [1.82, 2.24) is 9.80 Å². The van der Waals surface area contributed by atoms with E-state index in [0.717, 1.165) is 11.3 Å². The van der Waals surface area contributed by atoms with Gasteiger partial charge in [0.25, 0.3) is 0 Å². The summed E-state index contributed by atoms with van der Waals surface area (Å²) in [6.07, 6.45) is 0. The van der Waals surface area contributed by atoms with Crippen molar-refractivity contribution in [1.29, 1.82) is 0 Å². The normalized spacial score (nSPS) is 15.6. The van der Waals surface area contributed by atoms with Crippen molar-refractivity contribution in [2.75, 3.05) is 51.8 Å². The highest BCUT2D eigenvalue weighted by atomic mass is 16.5. The lowest BCUT2D eigenvalue weighted by Crippen LogP contribution is -2.51. The Balaban J connectivity index is 1.83. The minimum atomic E-state index is -0.0141. The van der Waals surface area contributed by atoms with Crippen molar-refractivity contribution < 1.29 is 14.3 Å². The van der Waals surface area contributed by atoms with Crippen LogP contribution in [0.25, 0.3) is 0 Å². The van der Waals surface area contributed by atoms with Crippen molar-refractivity contribution in [3.05, 3.63) is 29.8 Å². The maximum Gasteiger partial charge on any atom is 0.248 e. The summed E-state index contributed by atoms with van der Waals surface area (Å²) in [6, 6.07) is 7.90. The van der Waals surface area contributed by atoms with E-state index >= 15 is 0 Å². The Bertz CT molecular complexity index is 566. The molecule has 0 bridgehead atoms. The van der Waals surface area contributed by atoms with E-state index in [-0.39, 0.29) is 18.4 Å². The van der Waals surface area contributed by atoms with Crippen LogP contribution in [0.5, 0.6) is 0 Å². The Hall–Kier alpha value is -1.92. The summed E-state index contributed by atoms with van der Waals surface area (Å²) in [5.74, 6) is 0.351. The minimum Gasteiger partial charge on any atom is -0.375 e. The smallest absolute Gasteiger partial charge is 0.248 e. The van der Waals surface area contributed by atoms with Crippen LogP contribution in [-0.4, -0.2) is 68.1 Å². The van der Waals surface area contributed by atoms with Gasteiger partial charge < -0.3 is 15.0 Å². The number of rotatable bonds is 6.